The maximum absolute atomic E-state index is 13.3. The van der Waals surface area contributed by atoms with E-state index in [0.29, 0.717) is 24.3 Å². The number of nitrogens with one attached hydrogen (secondary N) is 1. The molecule has 2 aromatic heterocycles. The van der Waals surface area contributed by atoms with Crippen molar-refractivity contribution in [3.63, 3.8) is 0 Å². The smallest absolute Gasteiger partial charge is 0.270 e. The summed E-state index contributed by atoms with van der Waals surface area (Å²) in [6, 6.07) is 0.144. The van der Waals surface area contributed by atoms with Crippen molar-refractivity contribution in [1.82, 2.24) is 29.3 Å². The van der Waals surface area contributed by atoms with Gasteiger partial charge in [0.1, 0.15) is 5.65 Å². The average Bonchev–Trinajstić information content (AvgIpc) is 3.44. The lowest BCUT2D eigenvalue weighted by Gasteiger charge is -2.37. The molecule has 0 spiro atoms. The predicted molar refractivity (Wildman–Crippen MR) is 124 cm³/mol. The van der Waals surface area contributed by atoms with E-state index < -0.39 is 17.3 Å². The average molecular weight is 457 g/mol. The second-order valence-electron chi connectivity index (χ2n) is 9.57. The van der Waals surface area contributed by atoms with Crippen LogP contribution in [0.25, 0.3) is 11.7 Å². The molecular formula is C23H32N6O4. The van der Waals surface area contributed by atoms with Crippen molar-refractivity contribution < 1.29 is 14.7 Å². The van der Waals surface area contributed by atoms with E-state index in [0.717, 1.165) is 25.9 Å². The van der Waals surface area contributed by atoms with Crippen LogP contribution in [0.3, 0.4) is 0 Å². The first-order valence-electron chi connectivity index (χ1n) is 11.5. The zero-order valence-corrected chi connectivity index (χ0v) is 19.6. The summed E-state index contributed by atoms with van der Waals surface area (Å²) < 4.78 is 2.66. The van der Waals surface area contributed by atoms with Crippen LogP contribution in [-0.4, -0.2) is 79.7 Å². The van der Waals surface area contributed by atoms with Crippen LogP contribution in [-0.2, 0) is 11.3 Å². The van der Waals surface area contributed by atoms with Crippen LogP contribution < -0.4 is 10.9 Å². The summed E-state index contributed by atoms with van der Waals surface area (Å²) in [4.78, 5) is 42.8. The predicted octanol–water partition coefficient (Wildman–Crippen LogP) is 0.926. The van der Waals surface area contributed by atoms with Crippen molar-refractivity contribution in [2.45, 2.75) is 52.2 Å². The number of aromatic nitrogens is 3. The number of likely N-dealkylation sites (N-methyl/N-ethyl adjacent to an activating group) is 1. The molecule has 2 N–H and O–H groups in total. The molecular weight excluding hydrogens is 424 g/mol. The van der Waals surface area contributed by atoms with Crippen LogP contribution in [0.1, 0.15) is 49.5 Å². The number of piperazine rings is 1. The van der Waals surface area contributed by atoms with Crippen LogP contribution in [0, 0.1) is 5.92 Å². The van der Waals surface area contributed by atoms with Crippen molar-refractivity contribution in [2.75, 3.05) is 26.7 Å². The highest BCUT2D eigenvalue weighted by Crippen LogP contribution is 2.23. The van der Waals surface area contributed by atoms with E-state index in [9.17, 15) is 19.5 Å². The van der Waals surface area contributed by atoms with Gasteiger partial charge in [-0.2, -0.15) is 9.61 Å². The van der Waals surface area contributed by atoms with Crippen molar-refractivity contribution in [3.05, 3.63) is 33.8 Å². The summed E-state index contributed by atoms with van der Waals surface area (Å²) in [7, 11) is 2.03. The fourth-order valence-electron chi connectivity index (χ4n) is 4.27. The van der Waals surface area contributed by atoms with Crippen LogP contribution in [0.5, 0.6) is 5.88 Å². The molecule has 1 saturated carbocycles. The Balaban J connectivity index is 1.72. The third-order valence-electron chi connectivity index (χ3n) is 6.12. The molecule has 178 valence electrons. The number of hydrogen-bond acceptors (Lipinski definition) is 6. The molecule has 0 radical (unpaired) electrons. The number of rotatable bonds is 6. The SMILES string of the molecule is CC(C)Cn1c(=O)c(C(=O)NC2CC2)c(O)n2ncc(/C=C/C(=O)N3CCN(C)C[C@@H]3C)c12. The van der Waals surface area contributed by atoms with Crippen LogP contribution in [0.4, 0.5) is 0 Å². The lowest BCUT2D eigenvalue weighted by atomic mass is 10.2. The molecule has 1 atom stereocenters. The Morgan fingerprint density at radius 2 is 2.03 bits per heavy atom. The normalized spacial score (nSPS) is 19.7. The van der Waals surface area contributed by atoms with E-state index in [1.54, 1.807) is 6.08 Å². The van der Waals surface area contributed by atoms with E-state index in [1.807, 2.05) is 32.7 Å². The van der Waals surface area contributed by atoms with Crippen LogP contribution in [0.15, 0.2) is 17.1 Å². The molecule has 1 aliphatic heterocycles. The third kappa shape index (κ3) is 4.66. The highest BCUT2D eigenvalue weighted by Gasteiger charge is 2.30. The third-order valence-corrected chi connectivity index (χ3v) is 6.12. The molecule has 1 saturated heterocycles. The molecule has 0 bridgehead atoms. The first kappa shape index (κ1) is 23.0. The second kappa shape index (κ2) is 9.01. The number of fused-ring (bicyclic) bond motifs is 1. The van der Waals surface area contributed by atoms with E-state index in [2.05, 4.69) is 15.3 Å². The van der Waals surface area contributed by atoms with E-state index in [1.165, 1.54) is 21.4 Å². The van der Waals surface area contributed by atoms with Gasteiger partial charge in [-0.15, -0.1) is 0 Å². The topological polar surface area (TPSA) is 112 Å². The van der Waals surface area contributed by atoms with Gasteiger partial charge in [0.05, 0.1) is 6.20 Å². The van der Waals surface area contributed by atoms with Gasteiger partial charge in [-0.1, -0.05) is 13.8 Å². The molecule has 1 aliphatic carbocycles. The Kier molecular flexibility index (Phi) is 6.29. The van der Waals surface area contributed by atoms with Crippen LogP contribution >= 0.6 is 0 Å². The highest BCUT2D eigenvalue weighted by atomic mass is 16.3. The van der Waals surface area contributed by atoms with Gasteiger partial charge < -0.3 is 20.2 Å². The zero-order chi connectivity index (χ0) is 23.9. The second-order valence-corrected chi connectivity index (χ2v) is 9.57. The first-order valence-corrected chi connectivity index (χ1v) is 11.5. The van der Waals surface area contributed by atoms with Gasteiger partial charge in [-0.3, -0.25) is 19.0 Å². The molecule has 2 aliphatic rings. The molecule has 0 unspecified atom stereocenters. The summed E-state index contributed by atoms with van der Waals surface area (Å²) >= 11 is 0. The number of aromatic hydroxyl groups is 1. The summed E-state index contributed by atoms with van der Waals surface area (Å²) in [6.45, 7) is 8.55. The van der Waals surface area contributed by atoms with Crippen molar-refractivity contribution in [2.24, 2.45) is 5.92 Å². The van der Waals surface area contributed by atoms with Gasteiger partial charge in [0.25, 0.3) is 11.5 Å². The van der Waals surface area contributed by atoms with Crippen LogP contribution in [0.2, 0.25) is 0 Å². The Bertz CT molecular complexity index is 1160. The fraction of sp³-hybridized carbons (Fsp3) is 0.565. The number of hydrogen-bond donors (Lipinski definition) is 2. The summed E-state index contributed by atoms with van der Waals surface area (Å²) in [5, 5.41) is 17.8. The molecule has 33 heavy (non-hydrogen) atoms. The molecule has 2 fully saturated rings. The summed E-state index contributed by atoms with van der Waals surface area (Å²) in [5.41, 5.74) is -0.00554. The monoisotopic (exact) mass is 456 g/mol. The van der Waals surface area contributed by atoms with Gasteiger partial charge >= 0.3 is 0 Å². The molecule has 0 aromatic carbocycles. The van der Waals surface area contributed by atoms with Gasteiger partial charge in [0.2, 0.25) is 11.8 Å². The molecule has 10 heteroatoms. The van der Waals surface area contributed by atoms with E-state index >= 15 is 0 Å². The molecule has 2 aromatic rings. The molecule has 2 amide bonds. The maximum Gasteiger partial charge on any atom is 0.270 e. The maximum atomic E-state index is 13.3. The number of nitrogens with zero attached hydrogens (tertiary/aromatic N) is 5. The highest BCUT2D eigenvalue weighted by molar-refractivity contribution is 5.97. The van der Waals surface area contributed by atoms with Crippen molar-refractivity contribution in [3.8, 4) is 5.88 Å². The lowest BCUT2D eigenvalue weighted by molar-refractivity contribution is -0.130. The Labute approximate surface area is 192 Å². The number of amides is 2. The van der Waals surface area contributed by atoms with Gasteiger partial charge in [-0.05, 0) is 38.8 Å². The zero-order valence-electron chi connectivity index (χ0n) is 19.6. The first-order chi connectivity index (χ1) is 15.7. The van der Waals surface area contributed by atoms with Crippen molar-refractivity contribution in [1.29, 1.82) is 0 Å². The Hall–Kier alpha value is -3.14. The minimum Gasteiger partial charge on any atom is -0.492 e. The molecule has 10 nitrogen and oxygen atoms in total. The van der Waals surface area contributed by atoms with E-state index in [-0.39, 0.29) is 29.5 Å². The Morgan fingerprint density at radius 1 is 1.30 bits per heavy atom. The van der Waals surface area contributed by atoms with E-state index in [4.69, 9.17) is 0 Å². The minimum atomic E-state index is -0.591. The quantitative estimate of drug-likeness (QED) is 0.626. The lowest BCUT2D eigenvalue weighted by Crippen LogP contribution is -2.52. The largest absolute Gasteiger partial charge is 0.492 e. The summed E-state index contributed by atoms with van der Waals surface area (Å²) in [6.07, 6.45) is 6.32. The van der Waals surface area contributed by atoms with Gasteiger partial charge in [0, 0.05) is 49.9 Å². The Morgan fingerprint density at radius 3 is 2.67 bits per heavy atom. The summed E-state index contributed by atoms with van der Waals surface area (Å²) in [5.74, 6) is -1.09. The fourth-order valence-corrected chi connectivity index (χ4v) is 4.27. The number of carbonyl (C=O) groups is 2. The minimum absolute atomic E-state index is 0.0460. The van der Waals surface area contributed by atoms with Gasteiger partial charge in [-0.25, -0.2) is 0 Å². The molecule has 4 rings (SSSR count). The van der Waals surface area contributed by atoms with Gasteiger partial charge in [0.15, 0.2) is 5.56 Å². The van der Waals surface area contributed by atoms with Crippen molar-refractivity contribution >= 4 is 23.5 Å². The molecule has 3 heterocycles. The number of carbonyl (C=O) groups excluding carboxylic acids is 2. The standard InChI is InChI=1S/C23H32N6O4/c1-14(2)12-28-21-16(5-8-18(30)27-10-9-26(4)13-15(27)3)11-24-29(21)23(33)19(22(28)32)20(31)25-17-6-7-17/h5,8,11,14-15,17,33H,6-7,9-10,12-13H2,1-4H3,(H,25,31)/b8-5+/t15-/m0/s1.